The number of hydrogen-bond acceptors (Lipinski definition) is 9. The smallest absolute Gasteiger partial charge is 0.377 e. The van der Waals surface area contributed by atoms with Gasteiger partial charge in [-0.1, -0.05) is 12.1 Å². The van der Waals surface area contributed by atoms with Gasteiger partial charge in [-0.05, 0) is 6.07 Å². The number of rotatable bonds is 7. The molecular formula is C19H26F3N7O4. The van der Waals surface area contributed by atoms with Crippen LogP contribution in [0.2, 0.25) is 0 Å². The Kier molecular flexibility index (Phi) is 7.99. The number of carbonyl (C=O) groups excluding carboxylic acids is 2. The van der Waals surface area contributed by atoms with Crippen LogP contribution in [0.3, 0.4) is 0 Å². The summed E-state index contributed by atoms with van der Waals surface area (Å²) in [7, 11) is 1.56. The number of nitrogens with one attached hydrogen (secondary N) is 3. The molecule has 0 aliphatic carbocycles. The number of amides is 2. The third-order valence-corrected chi connectivity index (χ3v) is 5.20. The Bertz CT molecular complexity index is 853. The van der Waals surface area contributed by atoms with Crippen molar-refractivity contribution >= 4 is 11.8 Å². The van der Waals surface area contributed by atoms with Crippen molar-refractivity contribution < 1.29 is 32.3 Å². The van der Waals surface area contributed by atoms with Crippen molar-refractivity contribution in [3.05, 3.63) is 42.2 Å². The van der Waals surface area contributed by atoms with Crippen molar-refractivity contribution in [1.82, 2.24) is 31.0 Å². The largest absolute Gasteiger partial charge is 0.430 e. The predicted octanol–water partition coefficient (Wildman–Crippen LogP) is -0.590. The van der Waals surface area contributed by atoms with Crippen LogP contribution in [0.5, 0.6) is 0 Å². The van der Waals surface area contributed by atoms with E-state index in [9.17, 15) is 22.8 Å². The lowest BCUT2D eigenvalue weighted by molar-refractivity contribution is -0.224. The normalized spacial score (nSPS) is 24.5. The number of nitrogens with zero attached hydrogens (tertiary/aromatic N) is 3. The van der Waals surface area contributed by atoms with Gasteiger partial charge in [0, 0.05) is 31.9 Å². The Morgan fingerprint density at radius 1 is 1.48 bits per heavy atom. The lowest BCUT2D eigenvalue weighted by atomic mass is 10.1. The van der Waals surface area contributed by atoms with Crippen LogP contribution in [0.4, 0.5) is 13.2 Å². The first kappa shape index (κ1) is 25.0. The zero-order valence-corrected chi connectivity index (χ0v) is 17.8. The fraction of sp³-hybridized carbons (Fsp3) is 0.526. The maximum atomic E-state index is 12.8. The van der Waals surface area contributed by atoms with E-state index in [-0.39, 0.29) is 24.8 Å². The average Bonchev–Trinajstić information content (AvgIpc) is 3.29. The Morgan fingerprint density at radius 3 is 2.82 bits per heavy atom. The number of ether oxygens (including phenoxy) is 1. The molecule has 5 N–H and O–H groups in total. The second-order valence-corrected chi connectivity index (χ2v) is 7.55. The van der Waals surface area contributed by atoms with Crippen molar-refractivity contribution in [2.45, 2.75) is 30.7 Å². The highest BCUT2D eigenvalue weighted by Gasteiger charge is 2.46. The minimum Gasteiger partial charge on any atom is -0.377 e. The first-order chi connectivity index (χ1) is 15.6. The van der Waals surface area contributed by atoms with E-state index in [0.717, 1.165) is 0 Å². The lowest BCUT2D eigenvalue weighted by Gasteiger charge is -2.38. The Labute approximate surface area is 188 Å². The van der Waals surface area contributed by atoms with Crippen molar-refractivity contribution in [2.24, 2.45) is 5.84 Å². The van der Waals surface area contributed by atoms with Crippen LogP contribution in [0, 0.1) is 0 Å². The zero-order chi connectivity index (χ0) is 24.2. The van der Waals surface area contributed by atoms with E-state index in [0.29, 0.717) is 18.7 Å². The number of likely N-dealkylation sites (N-methyl/N-ethyl adjacent to an activating group) is 1. The molecule has 33 heavy (non-hydrogen) atoms. The zero-order valence-electron chi connectivity index (χ0n) is 17.8. The third kappa shape index (κ3) is 6.04. The third-order valence-electron chi connectivity index (χ3n) is 5.20. The quantitative estimate of drug-likeness (QED) is 0.233. The summed E-state index contributed by atoms with van der Waals surface area (Å²) < 4.78 is 43.5. The molecule has 0 bridgehead atoms. The molecule has 3 heterocycles. The summed E-state index contributed by atoms with van der Waals surface area (Å²) in [6.45, 7) is 4.68. The van der Waals surface area contributed by atoms with Crippen LogP contribution < -0.4 is 22.0 Å². The van der Waals surface area contributed by atoms with E-state index in [1.54, 1.807) is 11.9 Å². The van der Waals surface area contributed by atoms with Crippen LogP contribution in [0.25, 0.3) is 0 Å². The predicted molar refractivity (Wildman–Crippen MR) is 109 cm³/mol. The van der Waals surface area contributed by atoms with Gasteiger partial charge in [-0.3, -0.25) is 30.6 Å². The molecule has 2 fully saturated rings. The number of halogens is 3. The number of hydrogen-bond donors (Lipinski definition) is 4. The molecule has 182 valence electrons. The number of hydroxylamine groups is 1. The van der Waals surface area contributed by atoms with Crippen LogP contribution in [0.1, 0.15) is 22.2 Å². The molecule has 2 saturated heterocycles. The molecular weight excluding hydrogens is 447 g/mol. The molecule has 1 aromatic heterocycles. The number of hydrazine groups is 1. The van der Waals surface area contributed by atoms with Crippen molar-refractivity contribution in [3.63, 3.8) is 0 Å². The molecule has 11 nitrogen and oxygen atoms in total. The van der Waals surface area contributed by atoms with Gasteiger partial charge in [-0.25, -0.2) is 5.01 Å². The Balaban J connectivity index is 1.57. The topological polar surface area (TPSA) is 134 Å². The van der Waals surface area contributed by atoms with E-state index in [4.69, 9.17) is 10.6 Å². The van der Waals surface area contributed by atoms with E-state index in [1.807, 2.05) is 0 Å². The van der Waals surface area contributed by atoms with Crippen LogP contribution in [-0.4, -0.2) is 84.5 Å². The second kappa shape index (κ2) is 10.5. The van der Waals surface area contributed by atoms with Gasteiger partial charge in [0.05, 0.1) is 19.3 Å². The van der Waals surface area contributed by atoms with Crippen molar-refractivity contribution in [3.8, 4) is 0 Å². The number of morpholine rings is 1. The minimum absolute atomic E-state index is 0.0605. The Morgan fingerprint density at radius 2 is 2.24 bits per heavy atom. The standard InChI is InChI=1S/C19H26F3N7O4/c1-3-14(28(2)23)17(31)29-6-7-32-10-12(29)9-25-16(30)13-5-4-11(8-24-13)15-26-18(33-27-15)19(20,21)22/h3-5,8,12,14-15,18,26-27H,1,6-7,9-10,23H2,2H3,(H,25,30)/t12-,14?,15?,18?/m0/s1. The maximum absolute atomic E-state index is 12.8. The number of aromatic nitrogens is 1. The molecule has 14 heteroatoms. The molecule has 3 rings (SSSR count). The van der Waals surface area contributed by atoms with Crippen molar-refractivity contribution in [1.29, 1.82) is 0 Å². The fourth-order valence-corrected chi connectivity index (χ4v) is 3.42. The molecule has 0 radical (unpaired) electrons. The molecule has 4 atom stereocenters. The highest BCUT2D eigenvalue weighted by molar-refractivity contribution is 5.92. The molecule has 3 unspecified atom stereocenters. The molecule has 0 saturated carbocycles. The SMILES string of the molecule is C=CC(C(=O)N1CCOC[C@@H]1CNC(=O)c1ccc(C2NOC(C(F)(F)F)N2)cn1)N(C)N. The number of alkyl halides is 3. The van der Waals surface area contributed by atoms with Gasteiger partial charge >= 0.3 is 6.18 Å². The molecule has 1 aromatic rings. The lowest BCUT2D eigenvalue weighted by Crippen LogP contribution is -2.58. The summed E-state index contributed by atoms with van der Waals surface area (Å²) in [5.74, 6) is 4.96. The second-order valence-electron chi connectivity index (χ2n) is 7.55. The fourth-order valence-electron chi connectivity index (χ4n) is 3.42. The Hall–Kier alpha value is -2.62. The van der Waals surface area contributed by atoms with Gasteiger partial charge in [0.15, 0.2) is 0 Å². The minimum atomic E-state index is -4.57. The summed E-state index contributed by atoms with van der Waals surface area (Å²) >= 11 is 0. The summed E-state index contributed by atoms with van der Waals surface area (Å²) in [4.78, 5) is 35.4. The monoisotopic (exact) mass is 473 g/mol. The number of nitrogens with two attached hydrogens (primary N) is 1. The van der Waals surface area contributed by atoms with Gasteiger partial charge in [0.1, 0.15) is 17.9 Å². The average molecular weight is 473 g/mol. The highest BCUT2D eigenvalue weighted by Crippen LogP contribution is 2.26. The molecule has 0 spiro atoms. The van der Waals surface area contributed by atoms with Gasteiger partial charge < -0.3 is 15.0 Å². The molecule has 2 aliphatic rings. The van der Waals surface area contributed by atoms with E-state index in [1.165, 1.54) is 29.4 Å². The summed E-state index contributed by atoms with van der Waals surface area (Å²) in [5, 5.41) is 6.19. The van der Waals surface area contributed by atoms with Gasteiger partial charge in [0.25, 0.3) is 5.91 Å². The van der Waals surface area contributed by atoms with E-state index >= 15 is 0 Å². The number of pyridine rings is 1. The van der Waals surface area contributed by atoms with Crippen LogP contribution in [-0.2, 0) is 14.4 Å². The van der Waals surface area contributed by atoms with E-state index < -0.39 is 36.6 Å². The van der Waals surface area contributed by atoms with Gasteiger partial charge in [-0.2, -0.15) is 18.7 Å². The van der Waals surface area contributed by atoms with E-state index in [2.05, 4.69) is 32.5 Å². The summed E-state index contributed by atoms with van der Waals surface area (Å²) in [6, 6.07) is 1.71. The molecule has 2 amide bonds. The van der Waals surface area contributed by atoms with Gasteiger partial charge in [-0.15, -0.1) is 6.58 Å². The molecule has 0 aromatic carbocycles. The maximum Gasteiger partial charge on any atom is 0.430 e. The van der Waals surface area contributed by atoms with Gasteiger partial charge in [0.2, 0.25) is 12.1 Å². The molecule has 2 aliphatic heterocycles. The number of carbonyl (C=O) groups is 2. The van der Waals surface area contributed by atoms with Crippen molar-refractivity contribution in [2.75, 3.05) is 33.4 Å². The summed E-state index contributed by atoms with van der Waals surface area (Å²) in [6.07, 6.45) is -4.94. The first-order valence-corrected chi connectivity index (χ1v) is 10.1. The van der Waals surface area contributed by atoms with Crippen LogP contribution >= 0.6 is 0 Å². The highest BCUT2D eigenvalue weighted by atomic mass is 19.4. The summed E-state index contributed by atoms with van der Waals surface area (Å²) in [5.41, 5.74) is 2.66. The van der Waals surface area contributed by atoms with Crippen LogP contribution in [0.15, 0.2) is 31.0 Å². The first-order valence-electron chi connectivity index (χ1n) is 10.1.